The summed E-state index contributed by atoms with van der Waals surface area (Å²) in [5, 5.41) is 12.5. The first-order chi connectivity index (χ1) is 12.5. The summed E-state index contributed by atoms with van der Waals surface area (Å²) < 4.78 is 5.35. The Morgan fingerprint density at radius 1 is 1.08 bits per heavy atom. The molecule has 1 aliphatic heterocycles. The van der Waals surface area contributed by atoms with Gasteiger partial charge in [-0.2, -0.15) is 0 Å². The minimum atomic E-state index is -0.853. The van der Waals surface area contributed by atoms with Crippen molar-refractivity contribution in [2.24, 2.45) is 11.8 Å². The number of carbonyl (C=O) groups excluding carboxylic acids is 1. The molecule has 1 amide bonds. The second-order valence-electron chi connectivity index (χ2n) is 6.50. The molecule has 0 aromatic heterocycles. The van der Waals surface area contributed by atoms with Crippen molar-refractivity contribution in [2.45, 2.75) is 6.92 Å². The Morgan fingerprint density at radius 3 is 2.38 bits per heavy atom. The van der Waals surface area contributed by atoms with Crippen molar-refractivity contribution in [1.82, 2.24) is 4.90 Å². The second kappa shape index (κ2) is 7.47. The molecule has 2 aromatic carbocycles. The van der Waals surface area contributed by atoms with Gasteiger partial charge in [0.25, 0.3) is 5.91 Å². The molecule has 2 atom stereocenters. The number of carboxylic acids is 1. The number of methoxy groups -OCH3 is 1. The summed E-state index contributed by atoms with van der Waals surface area (Å²) in [5.41, 5.74) is 1.93. The number of aliphatic carboxylic acids is 1. The topological polar surface area (TPSA) is 78.9 Å². The fraction of sp³-hybridized carbons (Fsp3) is 0.300. The van der Waals surface area contributed by atoms with Gasteiger partial charge in [0, 0.05) is 13.1 Å². The lowest BCUT2D eigenvalue weighted by atomic mass is 9.99. The van der Waals surface area contributed by atoms with Crippen LogP contribution in [0, 0.1) is 11.8 Å². The molecule has 6 heteroatoms. The Balaban J connectivity index is 1.85. The summed E-state index contributed by atoms with van der Waals surface area (Å²) in [4.78, 5) is 25.9. The molecular weight excluding hydrogens is 332 g/mol. The van der Waals surface area contributed by atoms with Crippen LogP contribution < -0.4 is 10.1 Å². The predicted molar refractivity (Wildman–Crippen MR) is 98.9 cm³/mol. The number of anilines is 2. The number of amides is 1. The van der Waals surface area contributed by atoms with E-state index >= 15 is 0 Å². The highest BCUT2D eigenvalue weighted by molar-refractivity contribution is 6.01. The van der Waals surface area contributed by atoms with Gasteiger partial charge in [0.1, 0.15) is 5.75 Å². The van der Waals surface area contributed by atoms with Crippen LogP contribution in [0.2, 0.25) is 0 Å². The quantitative estimate of drug-likeness (QED) is 0.862. The number of rotatable bonds is 5. The number of nitrogens with zero attached hydrogens (tertiary/aromatic N) is 1. The van der Waals surface area contributed by atoms with E-state index in [4.69, 9.17) is 4.74 Å². The van der Waals surface area contributed by atoms with Crippen LogP contribution in [0.3, 0.4) is 0 Å². The lowest BCUT2D eigenvalue weighted by molar-refractivity contribution is -0.142. The number of carboxylic acid groups (broad SMARTS) is 1. The average Bonchev–Trinajstić information content (AvgIpc) is 3.04. The van der Waals surface area contributed by atoms with Gasteiger partial charge in [-0.15, -0.1) is 0 Å². The molecular formula is C20H22N2O4. The Morgan fingerprint density at radius 2 is 1.73 bits per heavy atom. The fourth-order valence-corrected chi connectivity index (χ4v) is 3.30. The van der Waals surface area contributed by atoms with Crippen LogP contribution in [0.5, 0.6) is 5.75 Å². The van der Waals surface area contributed by atoms with Gasteiger partial charge in [-0.25, -0.2) is 0 Å². The molecule has 26 heavy (non-hydrogen) atoms. The van der Waals surface area contributed by atoms with Crippen molar-refractivity contribution in [2.75, 3.05) is 25.5 Å². The lowest BCUT2D eigenvalue weighted by Gasteiger charge is -2.19. The number of carbonyl (C=O) groups is 2. The third-order valence-corrected chi connectivity index (χ3v) is 4.75. The molecule has 1 fully saturated rings. The third kappa shape index (κ3) is 3.49. The average molecular weight is 354 g/mol. The molecule has 0 spiro atoms. The molecule has 1 aliphatic rings. The van der Waals surface area contributed by atoms with Crippen molar-refractivity contribution >= 4 is 23.3 Å². The molecule has 0 saturated carbocycles. The zero-order valence-electron chi connectivity index (χ0n) is 14.8. The van der Waals surface area contributed by atoms with E-state index in [1.165, 1.54) is 0 Å². The first-order valence-electron chi connectivity index (χ1n) is 8.52. The Kier molecular flexibility index (Phi) is 5.11. The minimum Gasteiger partial charge on any atom is -0.495 e. The molecule has 2 aromatic rings. The number of hydrogen-bond acceptors (Lipinski definition) is 4. The molecule has 136 valence electrons. The van der Waals surface area contributed by atoms with Crippen LogP contribution in [0.4, 0.5) is 11.4 Å². The third-order valence-electron chi connectivity index (χ3n) is 4.75. The smallest absolute Gasteiger partial charge is 0.308 e. The second-order valence-corrected chi connectivity index (χ2v) is 6.50. The van der Waals surface area contributed by atoms with Crippen molar-refractivity contribution in [1.29, 1.82) is 0 Å². The Bertz CT molecular complexity index is 821. The first kappa shape index (κ1) is 17.8. The Hall–Kier alpha value is -3.02. The molecule has 2 N–H and O–H groups in total. The van der Waals surface area contributed by atoms with Gasteiger partial charge < -0.3 is 20.1 Å². The van der Waals surface area contributed by atoms with E-state index in [0.717, 1.165) is 5.69 Å². The van der Waals surface area contributed by atoms with E-state index in [-0.39, 0.29) is 18.4 Å². The van der Waals surface area contributed by atoms with Gasteiger partial charge in [-0.1, -0.05) is 31.2 Å². The van der Waals surface area contributed by atoms with E-state index in [9.17, 15) is 14.7 Å². The summed E-state index contributed by atoms with van der Waals surface area (Å²) in [6.07, 6.45) is 0. The highest BCUT2D eigenvalue weighted by atomic mass is 16.5. The van der Waals surface area contributed by atoms with E-state index in [1.807, 2.05) is 43.3 Å². The standard InChI is InChI=1S/C20H22N2O4/c1-13-11-22(12-15(13)20(24)25)19(23)14-7-3-4-8-16(14)21-17-9-5-6-10-18(17)26-2/h3-10,13,15,21H,11-12H2,1-2H3,(H,24,25)/t13-,15-/m1/s1. The van der Waals surface area contributed by atoms with Gasteiger partial charge in [0.2, 0.25) is 0 Å². The van der Waals surface area contributed by atoms with Gasteiger partial charge in [0.15, 0.2) is 0 Å². The highest BCUT2D eigenvalue weighted by Gasteiger charge is 2.37. The van der Waals surface area contributed by atoms with Crippen LogP contribution in [0.15, 0.2) is 48.5 Å². The fourth-order valence-electron chi connectivity index (χ4n) is 3.30. The summed E-state index contributed by atoms with van der Waals surface area (Å²) in [5.74, 6) is -0.929. The summed E-state index contributed by atoms with van der Waals surface area (Å²) in [7, 11) is 1.59. The molecule has 3 rings (SSSR count). The minimum absolute atomic E-state index is 0.0641. The van der Waals surface area contributed by atoms with Crippen LogP contribution >= 0.6 is 0 Å². The van der Waals surface area contributed by atoms with E-state index in [1.54, 1.807) is 24.1 Å². The zero-order chi connectivity index (χ0) is 18.7. The number of benzene rings is 2. The molecule has 0 unspecified atom stereocenters. The molecule has 1 heterocycles. The first-order valence-corrected chi connectivity index (χ1v) is 8.52. The summed E-state index contributed by atoms with van der Waals surface area (Å²) >= 11 is 0. The molecule has 1 saturated heterocycles. The van der Waals surface area contributed by atoms with E-state index in [0.29, 0.717) is 23.5 Å². The number of ether oxygens (including phenoxy) is 1. The zero-order valence-corrected chi connectivity index (χ0v) is 14.8. The predicted octanol–water partition coefficient (Wildman–Crippen LogP) is 3.23. The van der Waals surface area contributed by atoms with Gasteiger partial charge >= 0.3 is 5.97 Å². The number of likely N-dealkylation sites (tertiary alicyclic amines) is 1. The van der Waals surface area contributed by atoms with Gasteiger partial charge in [-0.3, -0.25) is 9.59 Å². The maximum Gasteiger partial charge on any atom is 0.308 e. The molecule has 0 bridgehead atoms. The maximum atomic E-state index is 13.0. The molecule has 0 aliphatic carbocycles. The Labute approximate surface area is 152 Å². The van der Waals surface area contributed by atoms with Gasteiger partial charge in [0.05, 0.1) is 30.0 Å². The molecule has 6 nitrogen and oxygen atoms in total. The number of nitrogens with one attached hydrogen (secondary N) is 1. The van der Waals surface area contributed by atoms with Crippen LogP contribution in [-0.4, -0.2) is 42.1 Å². The highest BCUT2D eigenvalue weighted by Crippen LogP contribution is 2.31. The lowest BCUT2D eigenvalue weighted by Crippen LogP contribution is -2.30. The maximum absolute atomic E-state index is 13.0. The monoisotopic (exact) mass is 354 g/mol. The summed E-state index contributed by atoms with van der Waals surface area (Å²) in [6, 6.07) is 14.7. The number of hydrogen-bond donors (Lipinski definition) is 2. The van der Waals surface area contributed by atoms with Crippen LogP contribution in [0.25, 0.3) is 0 Å². The van der Waals surface area contributed by atoms with Crippen LogP contribution in [0.1, 0.15) is 17.3 Å². The SMILES string of the molecule is COc1ccccc1Nc1ccccc1C(=O)N1C[C@@H](C)[C@H](C(=O)O)C1. The normalized spacial score (nSPS) is 19.2. The molecule has 0 radical (unpaired) electrons. The van der Waals surface area contributed by atoms with E-state index < -0.39 is 11.9 Å². The van der Waals surface area contributed by atoms with E-state index in [2.05, 4.69) is 5.32 Å². The van der Waals surface area contributed by atoms with Crippen molar-refractivity contribution in [3.05, 3.63) is 54.1 Å². The largest absolute Gasteiger partial charge is 0.495 e. The van der Waals surface area contributed by atoms with Crippen LogP contribution in [-0.2, 0) is 4.79 Å². The van der Waals surface area contributed by atoms with Gasteiger partial charge in [-0.05, 0) is 30.2 Å². The number of para-hydroxylation sites is 3. The van der Waals surface area contributed by atoms with Crippen molar-refractivity contribution in [3.63, 3.8) is 0 Å². The summed E-state index contributed by atoms with van der Waals surface area (Å²) in [6.45, 7) is 2.54. The van der Waals surface area contributed by atoms with Crippen molar-refractivity contribution in [3.8, 4) is 5.75 Å². The van der Waals surface area contributed by atoms with Crippen molar-refractivity contribution < 1.29 is 19.4 Å².